The number of hydrogen-bond acceptors (Lipinski definition) is 2. The molecular weight excluding hydrogens is 345 g/mol. The lowest BCUT2D eigenvalue weighted by molar-refractivity contribution is 0.0941. The molecule has 128 valence electrons. The lowest BCUT2D eigenvalue weighted by Crippen LogP contribution is -2.25. The second-order valence-corrected chi connectivity index (χ2v) is 6.08. The number of aromatic nitrogens is 1. The number of halogens is 2. The molecule has 3 aromatic rings. The van der Waals surface area contributed by atoms with Crippen molar-refractivity contribution in [1.82, 2.24) is 9.88 Å². The van der Waals surface area contributed by atoms with Crippen LogP contribution in [0.5, 0.6) is 0 Å². The number of amides is 2. The predicted octanol–water partition coefficient (Wildman–Crippen LogP) is 3.00. The summed E-state index contributed by atoms with van der Waals surface area (Å²) < 4.78 is 15.7. The SMILES string of the molecule is Cn1c(C(=O)NCc2ccc(C(N)=O)cc2F)cc2ccc(Cl)cc21. The van der Waals surface area contributed by atoms with Crippen LogP contribution in [0.25, 0.3) is 10.9 Å². The maximum atomic E-state index is 14.0. The second kappa shape index (κ2) is 6.57. The number of benzene rings is 2. The zero-order chi connectivity index (χ0) is 18.1. The Balaban J connectivity index is 1.79. The average Bonchev–Trinajstić information content (AvgIpc) is 2.90. The summed E-state index contributed by atoms with van der Waals surface area (Å²) in [4.78, 5) is 23.5. The molecular formula is C18H15ClFN3O2. The molecule has 5 nitrogen and oxygen atoms in total. The van der Waals surface area contributed by atoms with Crippen molar-refractivity contribution in [1.29, 1.82) is 0 Å². The Morgan fingerprint density at radius 1 is 1.20 bits per heavy atom. The molecule has 25 heavy (non-hydrogen) atoms. The van der Waals surface area contributed by atoms with Crippen LogP contribution in [0.15, 0.2) is 42.5 Å². The van der Waals surface area contributed by atoms with Crippen molar-refractivity contribution < 1.29 is 14.0 Å². The quantitative estimate of drug-likeness (QED) is 0.751. The van der Waals surface area contributed by atoms with Crippen molar-refractivity contribution in [2.75, 3.05) is 0 Å². The fourth-order valence-corrected chi connectivity index (χ4v) is 2.80. The number of fused-ring (bicyclic) bond motifs is 1. The van der Waals surface area contributed by atoms with Gasteiger partial charge in [-0.1, -0.05) is 23.7 Å². The van der Waals surface area contributed by atoms with Crippen molar-refractivity contribution >= 4 is 34.3 Å². The van der Waals surface area contributed by atoms with Gasteiger partial charge in [0.05, 0.1) is 0 Å². The second-order valence-electron chi connectivity index (χ2n) is 5.64. The van der Waals surface area contributed by atoms with Gasteiger partial charge in [-0.3, -0.25) is 9.59 Å². The van der Waals surface area contributed by atoms with Gasteiger partial charge in [0.1, 0.15) is 11.5 Å². The lowest BCUT2D eigenvalue weighted by Gasteiger charge is -2.08. The smallest absolute Gasteiger partial charge is 0.268 e. The maximum Gasteiger partial charge on any atom is 0.268 e. The lowest BCUT2D eigenvalue weighted by atomic mass is 10.1. The molecule has 0 aliphatic carbocycles. The molecule has 0 fully saturated rings. The Morgan fingerprint density at radius 3 is 2.64 bits per heavy atom. The van der Waals surface area contributed by atoms with Crippen LogP contribution < -0.4 is 11.1 Å². The van der Waals surface area contributed by atoms with Gasteiger partial charge in [-0.2, -0.15) is 0 Å². The largest absolute Gasteiger partial charge is 0.366 e. The molecule has 2 aromatic carbocycles. The minimum Gasteiger partial charge on any atom is -0.366 e. The molecule has 3 N–H and O–H groups in total. The van der Waals surface area contributed by atoms with E-state index < -0.39 is 11.7 Å². The zero-order valence-electron chi connectivity index (χ0n) is 13.3. The van der Waals surface area contributed by atoms with Crippen LogP contribution in [0.4, 0.5) is 4.39 Å². The number of primary amides is 1. The molecule has 7 heteroatoms. The number of nitrogens with zero attached hydrogens (tertiary/aromatic N) is 1. The van der Waals surface area contributed by atoms with Gasteiger partial charge >= 0.3 is 0 Å². The number of nitrogens with two attached hydrogens (primary N) is 1. The van der Waals surface area contributed by atoms with Crippen LogP contribution in [0.3, 0.4) is 0 Å². The van der Waals surface area contributed by atoms with E-state index >= 15 is 0 Å². The summed E-state index contributed by atoms with van der Waals surface area (Å²) in [6.07, 6.45) is 0. The predicted molar refractivity (Wildman–Crippen MR) is 94.0 cm³/mol. The van der Waals surface area contributed by atoms with E-state index in [1.54, 1.807) is 29.8 Å². The van der Waals surface area contributed by atoms with E-state index in [-0.39, 0.29) is 23.6 Å². The third-order valence-electron chi connectivity index (χ3n) is 4.02. The highest BCUT2D eigenvalue weighted by molar-refractivity contribution is 6.31. The van der Waals surface area contributed by atoms with Crippen molar-refractivity contribution in [2.45, 2.75) is 6.54 Å². The van der Waals surface area contributed by atoms with Crippen LogP contribution in [-0.2, 0) is 13.6 Å². The van der Waals surface area contributed by atoms with Gasteiger partial charge in [-0.15, -0.1) is 0 Å². The average molecular weight is 360 g/mol. The standard InChI is InChI=1S/C18H15ClFN3O2/c1-23-15-8-13(19)5-4-10(15)7-16(23)18(25)22-9-12-3-2-11(17(21)24)6-14(12)20/h2-8H,9H2,1H3,(H2,21,24)(H,22,25). The summed E-state index contributed by atoms with van der Waals surface area (Å²) in [5.74, 6) is -1.64. The van der Waals surface area contributed by atoms with Crippen LogP contribution in [0, 0.1) is 5.82 Å². The molecule has 0 saturated carbocycles. The number of carbonyl (C=O) groups excluding carboxylic acids is 2. The number of aryl methyl sites for hydroxylation is 1. The van der Waals surface area contributed by atoms with Crippen LogP contribution in [-0.4, -0.2) is 16.4 Å². The minimum absolute atomic E-state index is 0.00795. The number of hydrogen-bond donors (Lipinski definition) is 2. The van der Waals surface area contributed by atoms with E-state index in [0.29, 0.717) is 10.7 Å². The minimum atomic E-state index is -0.705. The van der Waals surface area contributed by atoms with E-state index in [1.807, 2.05) is 6.07 Å². The van der Waals surface area contributed by atoms with E-state index in [0.717, 1.165) is 17.0 Å². The van der Waals surface area contributed by atoms with Crippen molar-refractivity contribution in [3.05, 3.63) is 70.1 Å². The molecule has 1 aromatic heterocycles. The Bertz CT molecular complexity index is 997. The zero-order valence-corrected chi connectivity index (χ0v) is 14.1. The topological polar surface area (TPSA) is 77.1 Å². The normalized spacial score (nSPS) is 10.8. The molecule has 3 rings (SSSR count). The molecule has 0 saturated heterocycles. The third kappa shape index (κ3) is 3.34. The summed E-state index contributed by atoms with van der Waals surface area (Å²) >= 11 is 5.98. The van der Waals surface area contributed by atoms with Crippen molar-refractivity contribution in [2.24, 2.45) is 12.8 Å². The molecule has 0 spiro atoms. The summed E-state index contributed by atoms with van der Waals surface area (Å²) in [5.41, 5.74) is 6.72. The fourth-order valence-electron chi connectivity index (χ4n) is 2.63. The van der Waals surface area contributed by atoms with Crippen molar-refractivity contribution in [3.8, 4) is 0 Å². The van der Waals surface area contributed by atoms with E-state index in [1.165, 1.54) is 12.1 Å². The Hall–Kier alpha value is -2.86. The Kier molecular flexibility index (Phi) is 4.46. The van der Waals surface area contributed by atoms with Gasteiger partial charge in [0.25, 0.3) is 5.91 Å². The highest BCUT2D eigenvalue weighted by Crippen LogP contribution is 2.22. The summed E-state index contributed by atoms with van der Waals surface area (Å²) in [7, 11) is 1.76. The summed E-state index contributed by atoms with van der Waals surface area (Å²) in [5, 5.41) is 4.14. The first-order valence-electron chi connectivity index (χ1n) is 7.48. The van der Waals surface area contributed by atoms with Gasteiger partial charge in [0, 0.05) is 40.6 Å². The first-order valence-corrected chi connectivity index (χ1v) is 7.86. The molecule has 0 atom stereocenters. The Morgan fingerprint density at radius 2 is 1.96 bits per heavy atom. The highest BCUT2D eigenvalue weighted by atomic mass is 35.5. The molecule has 0 aliphatic heterocycles. The highest BCUT2D eigenvalue weighted by Gasteiger charge is 2.14. The van der Waals surface area contributed by atoms with Crippen LogP contribution >= 0.6 is 11.6 Å². The molecule has 0 radical (unpaired) electrons. The van der Waals surface area contributed by atoms with Gasteiger partial charge in [0.2, 0.25) is 5.91 Å². The van der Waals surface area contributed by atoms with E-state index in [4.69, 9.17) is 17.3 Å². The summed E-state index contributed by atoms with van der Waals surface area (Å²) in [6.45, 7) is -0.00795. The monoisotopic (exact) mass is 359 g/mol. The maximum absolute atomic E-state index is 14.0. The molecule has 2 amide bonds. The molecule has 0 unspecified atom stereocenters. The first-order chi connectivity index (χ1) is 11.9. The number of carbonyl (C=O) groups is 2. The molecule has 0 aliphatic rings. The first kappa shape index (κ1) is 17.0. The summed E-state index contributed by atoms with van der Waals surface area (Å²) in [6, 6.07) is 11.0. The van der Waals surface area contributed by atoms with E-state index in [2.05, 4.69) is 5.32 Å². The van der Waals surface area contributed by atoms with Gasteiger partial charge in [0.15, 0.2) is 0 Å². The fraction of sp³-hybridized carbons (Fsp3) is 0.111. The van der Waals surface area contributed by atoms with Gasteiger partial charge in [-0.05, 0) is 30.3 Å². The number of rotatable bonds is 4. The van der Waals surface area contributed by atoms with Crippen molar-refractivity contribution in [3.63, 3.8) is 0 Å². The molecule has 0 bridgehead atoms. The Labute approximate surface area is 148 Å². The van der Waals surface area contributed by atoms with Crippen LogP contribution in [0.2, 0.25) is 5.02 Å². The third-order valence-corrected chi connectivity index (χ3v) is 4.25. The molecule has 1 heterocycles. The van der Waals surface area contributed by atoms with E-state index in [9.17, 15) is 14.0 Å². The van der Waals surface area contributed by atoms with Gasteiger partial charge in [-0.25, -0.2) is 4.39 Å². The van der Waals surface area contributed by atoms with Gasteiger partial charge < -0.3 is 15.6 Å². The number of nitrogens with one attached hydrogen (secondary N) is 1. The van der Waals surface area contributed by atoms with Crippen LogP contribution in [0.1, 0.15) is 26.4 Å².